The van der Waals surface area contributed by atoms with Gasteiger partial charge in [0.25, 0.3) is 0 Å². The Balaban J connectivity index is 2.58. The topological polar surface area (TPSA) is 83.8 Å². The van der Waals surface area contributed by atoms with E-state index in [1.807, 2.05) is 13.8 Å². The van der Waals surface area contributed by atoms with Gasteiger partial charge in [0.2, 0.25) is 0 Å². The zero-order valence-electron chi connectivity index (χ0n) is 10.5. The van der Waals surface area contributed by atoms with Gasteiger partial charge in [-0.05, 0) is 6.92 Å². The lowest BCUT2D eigenvalue weighted by Gasteiger charge is -2.40. The van der Waals surface area contributed by atoms with Crippen molar-refractivity contribution in [1.29, 1.82) is 0 Å². The SMILES string of the molecule is CC1OC=C2C(O)=C(C(=O)O)C(=O)C(C)C2C1C. The Morgan fingerprint density at radius 3 is 2.50 bits per heavy atom. The van der Waals surface area contributed by atoms with Crippen LogP contribution in [-0.4, -0.2) is 28.1 Å². The molecule has 5 heteroatoms. The van der Waals surface area contributed by atoms with Crippen LogP contribution in [0, 0.1) is 17.8 Å². The van der Waals surface area contributed by atoms with Crippen molar-refractivity contribution in [3.05, 3.63) is 23.2 Å². The summed E-state index contributed by atoms with van der Waals surface area (Å²) in [6.45, 7) is 5.53. The van der Waals surface area contributed by atoms with Crippen LogP contribution in [0.15, 0.2) is 23.2 Å². The summed E-state index contributed by atoms with van der Waals surface area (Å²) in [6.07, 6.45) is 1.32. The number of carbonyl (C=O) groups is 2. The van der Waals surface area contributed by atoms with E-state index in [-0.39, 0.29) is 17.9 Å². The summed E-state index contributed by atoms with van der Waals surface area (Å²) in [6, 6.07) is 0. The monoisotopic (exact) mass is 252 g/mol. The van der Waals surface area contributed by atoms with Crippen LogP contribution in [0.2, 0.25) is 0 Å². The van der Waals surface area contributed by atoms with Crippen LogP contribution in [0.5, 0.6) is 0 Å². The molecule has 0 spiro atoms. The molecule has 5 nitrogen and oxygen atoms in total. The van der Waals surface area contributed by atoms with E-state index >= 15 is 0 Å². The maximum Gasteiger partial charge on any atom is 0.343 e. The Labute approximate surface area is 105 Å². The molecule has 2 N–H and O–H groups in total. The molecule has 4 unspecified atom stereocenters. The van der Waals surface area contributed by atoms with Gasteiger partial charge in [0.05, 0.1) is 12.4 Å². The minimum atomic E-state index is -1.39. The van der Waals surface area contributed by atoms with Gasteiger partial charge in [0, 0.05) is 23.3 Å². The number of hydrogen-bond acceptors (Lipinski definition) is 4. The molecule has 2 rings (SSSR count). The maximum absolute atomic E-state index is 12.0. The van der Waals surface area contributed by atoms with Crippen molar-refractivity contribution in [2.24, 2.45) is 17.8 Å². The first kappa shape index (κ1) is 12.7. The summed E-state index contributed by atoms with van der Waals surface area (Å²) in [4.78, 5) is 23.1. The first-order chi connectivity index (χ1) is 8.36. The molecule has 0 fully saturated rings. The predicted molar refractivity (Wildman–Crippen MR) is 62.7 cm³/mol. The second kappa shape index (κ2) is 4.15. The standard InChI is InChI=1S/C13H16O5/c1-5-7(3)18-4-8-9(5)6(2)11(14)10(12(8)15)13(16)17/h4-7,9,15H,1-3H3,(H,16,17). The molecule has 4 atom stereocenters. The predicted octanol–water partition coefficient (Wildman–Crippen LogP) is 1.66. The van der Waals surface area contributed by atoms with E-state index in [1.165, 1.54) is 6.26 Å². The summed E-state index contributed by atoms with van der Waals surface area (Å²) in [5.41, 5.74) is -0.111. The molecule has 0 aromatic heterocycles. The number of allylic oxidation sites excluding steroid dienone is 1. The van der Waals surface area contributed by atoms with Crippen molar-refractivity contribution in [3.8, 4) is 0 Å². The normalized spacial score (nSPS) is 35.7. The molecule has 0 saturated heterocycles. The smallest absolute Gasteiger partial charge is 0.343 e. The summed E-state index contributed by atoms with van der Waals surface area (Å²) < 4.78 is 5.38. The first-order valence-corrected chi connectivity index (χ1v) is 5.92. The highest BCUT2D eigenvalue weighted by molar-refractivity contribution is 6.19. The number of aliphatic carboxylic acids is 1. The van der Waals surface area contributed by atoms with Gasteiger partial charge in [-0.2, -0.15) is 0 Å². The van der Waals surface area contributed by atoms with Gasteiger partial charge in [-0.1, -0.05) is 13.8 Å². The second-order valence-corrected chi connectivity index (χ2v) is 4.98. The average Bonchev–Trinajstić information content (AvgIpc) is 2.29. The van der Waals surface area contributed by atoms with Crippen molar-refractivity contribution in [1.82, 2.24) is 0 Å². The van der Waals surface area contributed by atoms with Crippen molar-refractivity contribution < 1.29 is 24.5 Å². The highest BCUT2D eigenvalue weighted by Gasteiger charge is 2.46. The maximum atomic E-state index is 12.0. The quantitative estimate of drug-likeness (QED) is 0.693. The second-order valence-electron chi connectivity index (χ2n) is 4.98. The first-order valence-electron chi connectivity index (χ1n) is 5.92. The number of hydrogen-bond donors (Lipinski definition) is 2. The third-order valence-electron chi connectivity index (χ3n) is 4.00. The van der Waals surface area contributed by atoms with Gasteiger partial charge in [-0.3, -0.25) is 4.79 Å². The van der Waals surface area contributed by atoms with E-state index in [0.29, 0.717) is 5.57 Å². The van der Waals surface area contributed by atoms with Gasteiger partial charge in [-0.15, -0.1) is 0 Å². The Bertz CT molecular complexity index is 474. The lowest BCUT2D eigenvalue weighted by molar-refractivity contribution is -0.136. The fraction of sp³-hybridized carbons (Fsp3) is 0.538. The van der Waals surface area contributed by atoms with Crippen LogP contribution < -0.4 is 0 Å². The Hall–Kier alpha value is -1.78. The zero-order chi connectivity index (χ0) is 13.6. The molecule has 0 bridgehead atoms. The van der Waals surface area contributed by atoms with E-state index in [0.717, 1.165) is 0 Å². The number of carboxylic acids is 1. The van der Waals surface area contributed by atoms with Gasteiger partial charge in [-0.25, -0.2) is 4.79 Å². The number of Topliss-reactive ketones (excluding diaryl/α,β-unsaturated/α-hetero) is 1. The van der Waals surface area contributed by atoms with Crippen molar-refractivity contribution >= 4 is 11.8 Å². The molecule has 0 aromatic rings. The number of fused-ring (bicyclic) bond motifs is 1. The minimum Gasteiger partial charge on any atom is -0.506 e. The number of carbonyl (C=O) groups excluding carboxylic acids is 1. The molecule has 0 aromatic carbocycles. The summed E-state index contributed by atoms with van der Waals surface area (Å²) in [7, 11) is 0. The van der Waals surface area contributed by atoms with Gasteiger partial charge in [0.1, 0.15) is 11.3 Å². The lowest BCUT2D eigenvalue weighted by atomic mass is 9.68. The number of carboxylic acid groups (broad SMARTS) is 1. The van der Waals surface area contributed by atoms with Gasteiger partial charge < -0.3 is 14.9 Å². The van der Waals surface area contributed by atoms with E-state index < -0.39 is 29.0 Å². The molecule has 1 heterocycles. The number of aliphatic hydroxyl groups excluding tert-OH is 1. The molecule has 18 heavy (non-hydrogen) atoms. The van der Waals surface area contributed by atoms with Gasteiger partial charge in [0.15, 0.2) is 5.78 Å². The highest BCUT2D eigenvalue weighted by Crippen LogP contribution is 2.43. The van der Waals surface area contributed by atoms with E-state index in [9.17, 15) is 14.7 Å². The fourth-order valence-electron chi connectivity index (χ4n) is 2.76. The number of ketones is 1. The number of aliphatic hydroxyl groups is 1. The number of ether oxygens (including phenoxy) is 1. The molecular formula is C13H16O5. The lowest BCUT2D eigenvalue weighted by Crippen LogP contribution is -2.42. The number of rotatable bonds is 1. The minimum absolute atomic E-state index is 0.0430. The largest absolute Gasteiger partial charge is 0.506 e. The molecule has 1 aliphatic carbocycles. The third kappa shape index (κ3) is 1.62. The Kier molecular flexibility index (Phi) is 2.92. The van der Waals surface area contributed by atoms with Crippen molar-refractivity contribution in [2.75, 3.05) is 0 Å². The van der Waals surface area contributed by atoms with E-state index in [4.69, 9.17) is 9.84 Å². The van der Waals surface area contributed by atoms with Crippen LogP contribution in [0.3, 0.4) is 0 Å². The van der Waals surface area contributed by atoms with Crippen molar-refractivity contribution in [2.45, 2.75) is 26.9 Å². The Morgan fingerprint density at radius 2 is 1.94 bits per heavy atom. The molecule has 0 saturated carbocycles. The van der Waals surface area contributed by atoms with E-state index in [1.54, 1.807) is 6.92 Å². The van der Waals surface area contributed by atoms with Crippen LogP contribution in [0.4, 0.5) is 0 Å². The van der Waals surface area contributed by atoms with E-state index in [2.05, 4.69) is 0 Å². The van der Waals surface area contributed by atoms with Gasteiger partial charge >= 0.3 is 5.97 Å². The molecule has 0 amide bonds. The summed E-state index contributed by atoms with van der Waals surface area (Å²) in [5, 5.41) is 19.0. The summed E-state index contributed by atoms with van der Waals surface area (Å²) >= 11 is 0. The molecule has 0 radical (unpaired) electrons. The average molecular weight is 252 g/mol. The Morgan fingerprint density at radius 1 is 1.33 bits per heavy atom. The fourth-order valence-corrected chi connectivity index (χ4v) is 2.76. The van der Waals surface area contributed by atoms with Crippen LogP contribution >= 0.6 is 0 Å². The zero-order valence-corrected chi connectivity index (χ0v) is 10.5. The molecule has 2 aliphatic rings. The summed E-state index contributed by atoms with van der Waals surface area (Å²) in [5.74, 6) is -2.96. The highest BCUT2D eigenvalue weighted by atomic mass is 16.5. The molecule has 98 valence electrons. The molecule has 1 aliphatic heterocycles. The third-order valence-corrected chi connectivity index (χ3v) is 4.00. The van der Waals surface area contributed by atoms with Crippen molar-refractivity contribution in [3.63, 3.8) is 0 Å². The van der Waals surface area contributed by atoms with Crippen LogP contribution in [0.25, 0.3) is 0 Å². The van der Waals surface area contributed by atoms with Crippen LogP contribution in [0.1, 0.15) is 20.8 Å². The van der Waals surface area contributed by atoms with Crippen LogP contribution in [-0.2, 0) is 14.3 Å². The molecular weight excluding hydrogens is 236 g/mol.